The number of benzene rings is 4. The van der Waals surface area contributed by atoms with Gasteiger partial charge in [-0.1, -0.05) is 26.0 Å². The van der Waals surface area contributed by atoms with E-state index in [2.05, 4.69) is 72.2 Å². The molecule has 0 spiro atoms. The summed E-state index contributed by atoms with van der Waals surface area (Å²) in [5.74, 6) is 1.83. The van der Waals surface area contributed by atoms with Crippen molar-refractivity contribution in [3.63, 3.8) is 0 Å². The van der Waals surface area contributed by atoms with Gasteiger partial charge < -0.3 is 19.3 Å². The molecule has 0 bridgehead atoms. The molecule has 0 radical (unpaired) electrons. The highest BCUT2D eigenvalue weighted by molar-refractivity contribution is 5.56. The van der Waals surface area contributed by atoms with Gasteiger partial charge in [-0.25, -0.2) is 0 Å². The van der Waals surface area contributed by atoms with Crippen molar-refractivity contribution in [2.45, 2.75) is 32.4 Å². The van der Waals surface area contributed by atoms with E-state index in [9.17, 15) is 0 Å². The number of hydrogen-bond acceptors (Lipinski definition) is 6. The number of nitrogens with zero attached hydrogens (tertiary/aromatic N) is 4. The monoisotopic (exact) mass is 512 g/mol. The minimum atomic E-state index is -0.239. The number of ether oxygens (including phenoxy) is 2. The molecule has 0 unspecified atom stereocenters. The quantitative estimate of drug-likeness (QED) is 0.312. The van der Waals surface area contributed by atoms with Crippen LogP contribution in [0.3, 0.4) is 0 Å². The van der Waals surface area contributed by atoms with Gasteiger partial charge in [-0.3, -0.25) is 0 Å². The van der Waals surface area contributed by atoms with Gasteiger partial charge in [0.15, 0.2) is 13.5 Å². The highest BCUT2D eigenvalue weighted by Gasteiger charge is 2.28. The molecule has 0 amide bonds. The molecule has 4 aromatic rings. The lowest BCUT2D eigenvalue weighted by Gasteiger charge is -2.34. The van der Waals surface area contributed by atoms with E-state index >= 15 is 0 Å². The Kier molecular flexibility index (Phi) is 6.09. The third kappa shape index (κ3) is 4.62. The maximum Gasteiger partial charge on any atom is 0.161 e. The third-order valence-corrected chi connectivity index (χ3v) is 7.76. The molecule has 0 aliphatic carbocycles. The van der Waals surface area contributed by atoms with Gasteiger partial charge >= 0.3 is 0 Å². The van der Waals surface area contributed by atoms with Gasteiger partial charge in [-0.05, 0) is 83.9 Å². The topological polar surface area (TPSA) is 72.5 Å². The standard InChI is InChI=1S/C33H28N4O2/c1-33(2,27-7-13-31-25(15-27)19-36(21-38-31)29-9-3-23(17-34)4-10-29)28-8-14-32-26(16-28)20-37(22-39-32)30-11-5-24(18-35)6-12-30/h3-16H,19-22H2,1-2H3. The van der Waals surface area contributed by atoms with Gasteiger partial charge in [-0.2, -0.15) is 10.5 Å². The molecule has 0 saturated heterocycles. The van der Waals surface area contributed by atoms with E-state index in [0.29, 0.717) is 24.6 Å². The summed E-state index contributed by atoms with van der Waals surface area (Å²) in [6, 6.07) is 32.6. The van der Waals surface area contributed by atoms with Gasteiger partial charge in [0.25, 0.3) is 0 Å². The largest absolute Gasteiger partial charge is 0.473 e. The number of anilines is 2. The van der Waals surface area contributed by atoms with Crippen LogP contribution in [-0.4, -0.2) is 13.5 Å². The van der Waals surface area contributed by atoms with Gasteiger partial charge in [0, 0.05) is 41.0 Å². The molecule has 2 heterocycles. The molecule has 39 heavy (non-hydrogen) atoms. The molecule has 6 nitrogen and oxygen atoms in total. The van der Waals surface area contributed by atoms with Crippen LogP contribution < -0.4 is 19.3 Å². The fraction of sp³-hybridized carbons (Fsp3) is 0.212. The van der Waals surface area contributed by atoms with E-state index < -0.39 is 0 Å². The summed E-state index contributed by atoms with van der Waals surface area (Å²) in [6.07, 6.45) is 0. The van der Waals surface area contributed by atoms with E-state index in [0.717, 1.165) is 47.1 Å². The molecule has 192 valence electrons. The van der Waals surface area contributed by atoms with Crippen LogP contribution in [0.4, 0.5) is 11.4 Å². The lowest BCUT2D eigenvalue weighted by atomic mass is 9.77. The van der Waals surface area contributed by atoms with Gasteiger partial charge in [0.05, 0.1) is 23.3 Å². The molecule has 4 aromatic carbocycles. The minimum Gasteiger partial charge on any atom is -0.473 e. The smallest absolute Gasteiger partial charge is 0.161 e. The normalized spacial score (nSPS) is 14.3. The van der Waals surface area contributed by atoms with Gasteiger partial charge in [0.2, 0.25) is 0 Å². The van der Waals surface area contributed by atoms with Crippen molar-refractivity contribution in [2.75, 3.05) is 23.3 Å². The van der Waals surface area contributed by atoms with Crippen LogP contribution in [0.25, 0.3) is 0 Å². The first kappa shape index (κ1) is 24.4. The van der Waals surface area contributed by atoms with Crippen LogP contribution in [0.1, 0.15) is 47.2 Å². The Morgan fingerprint density at radius 1 is 0.615 bits per heavy atom. The maximum absolute atomic E-state index is 9.11. The first-order chi connectivity index (χ1) is 18.9. The van der Waals surface area contributed by atoms with E-state index in [4.69, 9.17) is 20.0 Å². The van der Waals surface area contributed by atoms with Crippen LogP contribution in [-0.2, 0) is 18.5 Å². The van der Waals surface area contributed by atoms with Crippen LogP contribution in [0, 0.1) is 22.7 Å². The average Bonchev–Trinajstić information content (AvgIpc) is 3.00. The number of nitriles is 2. The fourth-order valence-corrected chi connectivity index (χ4v) is 5.25. The summed E-state index contributed by atoms with van der Waals surface area (Å²) in [5, 5.41) is 18.2. The minimum absolute atomic E-state index is 0.239. The Morgan fingerprint density at radius 3 is 1.41 bits per heavy atom. The third-order valence-electron chi connectivity index (χ3n) is 7.76. The molecule has 0 fully saturated rings. The molecule has 0 N–H and O–H groups in total. The van der Waals surface area contributed by atoms with Crippen LogP contribution >= 0.6 is 0 Å². The molecule has 0 saturated carbocycles. The molecular formula is C33H28N4O2. The van der Waals surface area contributed by atoms with E-state index in [1.807, 2.05) is 48.5 Å². The van der Waals surface area contributed by atoms with Crippen molar-refractivity contribution in [3.8, 4) is 23.6 Å². The van der Waals surface area contributed by atoms with Crippen molar-refractivity contribution in [1.82, 2.24) is 0 Å². The van der Waals surface area contributed by atoms with Crippen molar-refractivity contribution in [3.05, 3.63) is 118 Å². The Morgan fingerprint density at radius 2 is 1.03 bits per heavy atom. The Balaban J connectivity index is 1.25. The summed E-state index contributed by atoms with van der Waals surface area (Å²) in [7, 11) is 0. The SMILES string of the molecule is CC(C)(c1ccc2c(c1)CN(c1ccc(C#N)cc1)CO2)c1ccc2c(c1)CN(c1ccc(C#N)cc1)CO2. The van der Waals surface area contributed by atoms with E-state index in [1.54, 1.807) is 0 Å². The zero-order valence-corrected chi connectivity index (χ0v) is 22.0. The Labute approximate surface area is 228 Å². The summed E-state index contributed by atoms with van der Waals surface area (Å²) >= 11 is 0. The maximum atomic E-state index is 9.11. The Hall–Kier alpha value is -4.94. The average molecular weight is 513 g/mol. The van der Waals surface area contributed by atoms with Gasteiger partial charge in [0.1, 0.15) is 11.5 Å². The van der Waals surface area contributed by atoms with Crippen LogP contribution in [0.2, 0.25) is 0 Å². The zero-order chi connectivity index (χ0) is 27.0. The molecule has 6 rings (SSSR count). The van der Waals surface area contributed by atoms with Crippen molar-refractivity contribution < 1.29 is 9.47 Å². The predicted molar refractivity (Wildman–Crippen MR) is 151 cm³/mol. The summed E-state index contributed by atoms with van der Waals surface area (Å²) in [4.78, 5) is 4.35. The highest BCUT2D eigenvalue weighted by Crippen LogP contribution is 2.39. The second-order valence-electron chi connectivity index (χ2n) is 10.5. The summed E-state index contributed by atoms with van der Waals surface area (Å²) in [6.45, 7) is 6.93. The van der Waals surface area contributed by atoms with E-state index in [-0.39, 0.29) is 5.41 Å². The molecule has 2 aliphatic heterocycles. The van der Waals surface area contributed by atoms with Crippen molar-refractivity contribution in [2.24, 2.45) is 0 Å². The van der Waals surface area contributed by atoms with Crippen molar-refractivity contribution in [1.29, 1.82) is 10.5 Å². The zero-order valence-electron chi connectivity index (χ0n) is 22.0. The highest BCUT2D eigenvalue weighted by atomic mass is 16.5. The second kappa shape index (κ2) is 9.74. The number of hydrogen-bond donors (Lipinski definition) is 0. The molecule has 2 aliphatic rings. The molecule has 0 atom stereocenters. The lowest BCUT2D eigenvalue weighted by molar-refractivity contribution is 0.288. The second-order valence-corrected chi connectivity index (χ2v) is 10.5. The summed E-state index contributed by atoms with van der Waals surface area (Å²) < 4.78 is 12.2. The Bertz CT molecular complexity index is 1490. The van der Waals surface area contributed by atoms with Crippen molar-refractivity contribution >= 4 is 11.4 Å². The first-order valence-electron chi connectivity index (χ1n) is 13.0. The van der Waals surface area contributed by atoms with Crippen LogP contribution in [0.5, 0.6) is 11.5 Å². The predicted octanol–water partition coefficient (Wildman–Crippen LogP) is 6.47. The van der Waals surface area contributed by atoms with E-state index in [1.165, 1.54) is 11.1 Å². The molecule has 6 heteroatoms. The number of rotatable bonds is 4. The molecular weight excluding hydrogens is 484 g/mol. The van der Waals surface area contributed by atoms with Gasteiger partial charge in [-0.15, -0.1) is 0 Å². The van der Waals surface area contributed by atoms with Crippen LogP contribution in [0.15, 0.2) is 84.9 Å². The number of fused-ring (bicyclic) bond motifs is 2. The summed E-state index contributed by atoms with van der Waals surface area (Å²) in [5.41, 5.74) is 7.84. The molecule has 0 aromatic heterocycles. The first-order valence-corrected chi connectivity index (χ1v) is 13.0. The lowest BCUT2D eigenvalue weighted by Crippen LogP contribution is -2.33. The fourth-order valence-electron chi connectivity index (χ4n) is 5.25.